The molecule has 21 heavy (non-hydrogen) atoms. The smallest absolute Gasteiger partial charge is 0.253 e. The summed E-state index contributed by atoms with van der Waals surface area (Å²) in [7, 11) is -4.16. The van der Waals surface area contributed by atoms with E-state index in [1.165, 1.54) is 6.92 Å². The van der Waals surface area contributed by atoms with E-state index in [0.717, 1.165) is 23.5 Å². The average Bonchev–Trinajstić information content (AvgIpc) is 2.72. The van der Waals surface area contributed by atoms with Gasteiger partial charge in [-0.05, 0) is 31.5 Å². The van der Waals surface area contributed by atoms with Crippen molar-refractivity contribution in [2.24, 2.45) is 0 Å². The Hall–Kier alpha value is -1.68. The van der Waals surface area contributed by atoms with Crippen LogP contribution in [0.2, 0.25) is 0 Å². The highest BCUT2D eigenvalue weighted by Gasteiger charge is 2.32. The number of hydrogen-bond acceptors (Lipinski definition) is 5. The maximum Gasteiger partial charge on any atom is 0.416 e. The summed E-state index contributed by atoms with van der Waals surface area (Å²) < 4.78 is 64.5. The second-order valence-electron chi connectivity index (χ2n) is 4.21. The van der Waals surface area contributed by atoms with Gasteiger partial charge in [-0.2, -0.15) is 13.2 Å². The van der Waals surface area contributed by atoms with Gasteiger partial charge in [-0.3, -0.25) is 4.72 Å². The molecule has 2 aromatic rings. The first-order valence-electron chi connectivity index (χ1n) is 5.60. The molecular weight excluding hydrogens is 327 g/mol. The average molecular weight is 337 g/mol. The van der Waals surface area contributed by atoms with Crippen LogP contribution in [0.15, 0.2) is 23.1 Å². The molecule has 0 spiro atoms. The van der Waals surface area contributed by atoms with Crippen LogP contribution in [0.3, 0.4) is 0 Å². The van der Waals surface area contributed by atoms with Gasteiger partial charge in [0.2, 0.25) is 5.13 Å². The van der Waals surface area contributed by atoms with Crippen molar-refractivity contribution < 1.29 is 21.6 Å². The fourth-order valence-corrected chi connectivity index (χ4v) is 3.67. The highest BCUT2D eigenvalue weighted by molar-refractivity contribution is 7.93. The van der Waals surface area contributed by atoms with Crippen LogP contribution >= 0.6 is 11.3 Å². The molecule has 114 valence electrons. The minimum Gasteiger partial charge on any atom is -0.253 e. The number of aryl methyl sites for hydroxylation is 2. The van der Waals surface area contributed by atoms with Crippen molar-refractivity contribution in [3.63, 3.8) is 0 Å². The first-order valence-corrected chi connectivity index (χ1v) is 7.90. The van der Waals surface area contributed by atoms with E-state index in [9.17, 15) is 21.6 Å². The zero-order valence-electron chi connectivity index (χ0n) is 10.9. The molecule has 2 rings (SSSR count). The molecule has 1 aromatic carbocycles. The minimum atomic E-state index is -4.61. The van der Waals surface area contributed by atoms with E-state index in [-0.39, 0.29) is 10.7 Å². The summed E-state index contributed by atoms with van der Waals surface area (Å²) >= 11 is 0.990. The summed E-state index contributed by atoms with van der Waals surface area (Å²) in [5.41, 5.74) is -0.821. The third-order valence-electron chi connectivity index (χ3n) is 2.55. The summed E-state index contributed by atoms with van der Waals surface area (Å²) in [5, 5.41) is 7.76. The van der Waals surface area contributed by atoms with E-state index in [1.807, 2.05) is 0 Å². The Morgan fingerprint density at radius 2 is 1.86 bits per heavy atom. The number of hydrogen-bond donors (Lipinski definition) is 1. The van der Waals surface area contributed by atoms with Gasteiger partial charge in [0, 0.05) is 0 Å². The Morgan fingerprint density at radius 3 is 2.38 bits per heavy atom. The Balaban J connectivity index is 2.44. The van der Waals surface area contributed by atoms with Gasteiger partial charge in [0.05, 0.1) is 10.5 Å². The molecule has 0 unspecified atom stereocenters. The Labute approximate surface area is 122 Å². The van der Waals surface area contributed by atoms with E-state index >= 15 is 0 Å². The van der Waals surface area contributed by atoms with Crippen LogP contribution in [0, 0.1) is 13.8 Å². The van der Waals surface area contributed by atoms with Crippen LogP contribution < -0.4 is 4.72 Å². The van der Waals surface area contributed by atoms with Crippen molar-refractivity contribution in [1.82, 2.24) is 10.2 Å². The molecule has 0 saturated carbocycles. The zero-order valence-corrected chi connectivity index (χ0v) is 12.5. The van der Waals surface area contributed by atoms with E-state index in [1.54, 1.807) is 6.92 Å². The molecule has 0 amide bonds. The largest absolute Gasteiger partial charge is 0.416 e. The van der Waals surface area contributed by atoms with Gasteiger partial charge in [-0.15, -0.1) is 10.2 Å². The number of aromatic nitrogens is 2. The molecule has 10 heteroatoms. The van der Waals surface area contributed by atoms with Gasteiger partial charge in [-0.1, -0.05) is 17.4 Å². The summed E-state index contributed by atoms with van der Waals surface area (Å²) in [6, 6.07) is 2.55. The predicted molar refractivity (Wildman–Crippen MR) is 71.6 cm³/mol. The Morgan fingerprint density at radius 1 is 1.19 bits per heavy atom. The Kier molecular flexibility index (Phi) is 3.93. The lowest BCUT2D eigenvalue weighted by Gasteiger charge is -2.12. The van der Waals surface area contributed by atoms with Gasteiger partial charge >= 0.3 is 6.18 Å². The fourth-order valence-electron chi connectivity index (χ4n) is 1.57. The highest BCUT2D eigenvalue weighted by Crippen LogP contribution is 2.32. The van der Waals surface area contributed by atoms with Crippen molar-refractivity contribution in [3.8, 4) is 0 Å². The van der Waals surface area contributed by atoms with Crippen LogP contribution in [-0.4, -0.2) is 18.6 Å². The number of benzene rings is 1. The van der Waals surface area contributed by atoms with Gasteiger partial charge in [0.15, 0.2) is 0 Å². The van der Waals surface area contributed by atoms with Crippen LogP contribution in [0.1, 0.15) is 16.1 Å². The lowest BCUT2D eigenvalue weighted by Crippen LogP contribution is -2.16. The van der Waals surface area contributed by atoms with Crippen LogP contribution in [-0.2, 0) is 16.2 Å². The number of nitrogens with zero attached hydrogens (tertiary/aromatic N) is 2. The number of halogens is 3. The Bertz CT molecular complexity index is 769. The summed E-state index contributed by atoms with van der Waals surface area (Å²) in [6.07, 6.45) is -4.61. The molecule has 0 aliphatic carbocycles. The quantitative estimate of drug-likeness (QED) is 0.935. The second-order valence-corrected chi connectivity index (χ2v) is 7.04. The van der Waals surface area contributed by atoms with Gasteiger partial charge in [0.1, 0.15) is 5.01 Å². The molecule has 0 radical (unpaired) electrons. The van der Waals surface area contributed by atoms with E-state index < -0.39 is 26.7 Å². The molecule has 0 aliphatic heterocycles. The maximum atomic E-state index is 12.7. The highest BCUT2D eigenvalue weighted by atomic mass is 32.2. The first-order chi connectivity index (χ1) is 9.59. The zero-order chi connectivity index (χ0) is 15.8. The molecule has 0 atom stereocenters. The number of sulfonamides is 1. The first kappa shape index (κ1) is 15.7. The van der Waals surface area contributed by atoms with E-state index in [4.69, 9.17) is 0 Å². The summed E-state index contributed by atoms with van der Waals surface area (Å²) in [4.78, 5) is -0.440. The normalized spacial score (nSPS) is 12.4. The molecular formula is C11H10F3N3O2S2. The number of anilines is 1. The molecule has 1 aromatic heterocycles. The van der Waals surface area contributed by atoms with Crippen molar-refractivity contribution in [2.45, 2.75) is 24.9 Å². The second kappa shape index (κ2) is 5.26. The summed E-state index contributed by atoms with van der Waals surface area (Å²) in [5.74, 6) is 0. The lowest BCUT2D eigenvalue weighted by molar-refractivity contribution is -0.137. The molecule has 1 heterocycles. The van der Waals surface area contributed by atoms with Crippen LogP contribution in [0.25, 0.3) is 0 Å². The molecule has 0 aliphatic rings. The molecule has 0 saturated heterocycles. The molecule has 0 bridgehead atoms. The van der Waals surface area contributed by atoms with Gasteiger partial charge < -0.3 is 0 Å². The number of nitrogens with one attached hydrogen (secondary N) is 1. The molecule has 1 N–H and O–H groups in total. The molecule has 5 nitrogen and oxygen atoms in total. The lowest BCUT2D eigenvalue weighted by atomic mass is 10.1. The van der Waals surface area contributed by atoms with Crippen molar-refractivity contribution in [1.29, 1.82) is 0 Å². The van der Waals surface area contributed by atoms with Gasteiger partial charge in [-0.25, -0.2) is 8.42 Å². The fraction of sp³-hybridized carbons (Fsp3) is 0.273. The predicted octanol–water partition coefficient (Wildman–Crippen LogP) is 2.97. The van der Waals surface area contributed by atoms with E-state index in [2.05, 4.69) is 14.9 Å². The molecule has 0 fully saturated rings. The van der Waals surface area contributed by atoms with Crippen molar-refractivity contribution in [3.05, 3.63) is 34.3 Å². The van der Waals surface area contributed by atoms with E-state index in [0.29, 0.717) is 11.1 Å². The topological polar surface area (TPSA) is 72.0 Å². The third-order valence-corrected chi connectivity index (χ3v) is 4.92. The third kappa shape index (κ3) is 3.50. The summed E-state index contributed by atoms with van der Waals surface area (Å²) in [6.45, 7) is 3.05. The van der Waals surface area contributed by atoms with Crippen LogP contribution in [0.5, 0.6) is 0 Å². The maximum absolute atomic E-state index is 12.7. The van der Waals surface area contributed by atoms with Crippen molar-refractivity contribution >= 4 is 26.5 Å². The van der Waals surface area contributed by atoms with Crippen molar-refractivity contribution in [2.75, 3.05) is 4.72 Å². The number of alkyl halides is 3. The van der Waals surface area contributed by atoms with Crippen LogP contribution in [0.4, 0.5) is 18.3 Å². The monoisotopic (exact) mass is 337 g/mol. The SMILES string of the molecule is Cc1nnc(NS(=O)(=O)c2cc(C(F)(F)F)ccc2C)s1. The van der Waals surface area contributed by atoms with Gasteiger partial charge in [0.25, 0.3) is 10.0 Å². The minimum absolute atomic E-state index is 0.00399. The number of rotatable bonds is 3. The standard InChI is InChI=1S/C11H10F3N3O2S2/c1-6-3-4-8(11(12,13)14)5-9(6)21(18,19)17-10-16-15-7(2)20-10/h3-5H,1-2H3,(H,16,17).